The molecule has 0 atom stereocenters. The number of thiophene rings is 1. The maximum absolute atomic E-state index is 13.1. The van der Waals surface area contributed by atoms with Crippen LogP contribution in [0, 0.1) is 11.6 Å². The van der Waals surface area contributed by atoms with Gasteiger partial charge in [0.05, 0.1) is 4.88 Å². The van der Waals surface area contributed by atoms with E-state index < -0.39 is 11.6 Å². The SMILES string of the molecule is O=Cc1ccc(-c2ccc(OCc3ccc(F)c(F)c3)cc2)s1. The van der Waals surface area contributed by atoms with Crippen molar-refractivity contribution in [1.29, 1.82) is 0 Å². The maximum atomic E-state index is 13.1. The van der Waals surface area contributed by atoms with E-state index in [-0.39, 0.29) is 6.61 Å². The Bertz CT molecular complexity index is 825. The summed E-state index contributed by atoms with van der Waals surface area (Å²) >= 11 is 1.42. The molecule has 0 aliphatic rings. The molecule has 0 radical (unpaired) electrons. The highest BCUT2D eigenvalue weighted by molar-refractivity contribution is 7.17. The molecule has 3 rings (SSSR count). The van der Waals surface area contributed by atoms with Crippen molar-refractivity contribution in [3.8, 4) is 16.2 Å². The number of halogens is 2. The van der Waals surface area contributed by atoms with Gasteiger partial charge >= 0.3 is 0 Å². The van der Waals surface area contributed by atoms with Gasteiger partial charge in [-0.2, -0.15) is 0 Å². The van der Waals surface area contributed by atoms with Crippen LogP contribution >= 0.6 is 11.3 Å². The average molecular weight is 330 g/mol. The van der Waals surface area contributed by atoms with Crippen LogP contribution in [-0.4, -0.2) is 6.29 Å². The van der Waals surface area contributed by atoms with Gasteiger partial charge in [-0.15, -0.1) is 11.3 Å². The zero-order valence-electron chi connectivity index (χ0n) is 12.0. The highest BCUT2D eigenvalue weighted by Gasteiger charge is 2.05. The first kappa shape index (κ1) is 15.4. The molecule has 0 saturated carbocycles. The smallest absolute Gasteiger partial charge is 0.160 e. The number of hydrogen-bond donors (Lipinski definition) is 0. The summed E-state index contributed by atoms with van der Waals surface area (Å²) in [5.74, 6) is -1.13. The molecule has 0 saturated heterocycles. The van der Waals surface area contributed by atoms with Crippen LogP contribution in [-0.2, 0) is 6.61 Å². The van der Waals surface area contributed by atoms with E-state index in [4.69, 9.17) is 4.74 Å². The molecule has 1 aromatic heterocycles. The van der Waals surface area contributed by atoms with Gasteiger partial charge in [0.1, 0.15) is 12.4 Å². The summed E-state index contributed by atoms with van der Waals surface area (Å²) < 4.78 is 31.5. The standard InChI is InChI=1S/C18H12F2O2S/c19-16-7-1-12(9-17(16)20)11-22-14-4-2-13(3-5-14)18-8-6-15(10-21)23-18/h1-10H,11H2. The first-order valence-electron chi connectivity index (χ1n) is 6.88. The minimum Gasteiger partial charge on any atom is -0.489 e. The van der Waals surface area contributed by atoms with Crippen molar-refractivity contribution in [3.63, 3.8) is 0 Å². The average Bonchev–Trinajstić information content (AvgIpc) is 3.05. The Morgan fingerprint density at radius 2 is 1.74 bits per heavy atom. The summed E-state index contributed by atoms with van der Waals surface area (Å²) in [6.45, 7) is 0.158. The molecule has 0 N–H and O–H groups in total. The minimum atomic E-state index is -0.884. The second-order valence-corrected chi connectivity index (χ2v) is 6.00. The lowest BCUT2D eigenvalue weighted by Gasteiger charge is -2.07. The van der Waals surface area contributed by atoms with Gasteiger partial charge in [0.2, 0.25) is 0 Å². The van der Waals surface area contributed by atoms with E-state index in [0.29, 0.717) is 16.2 Å². The molecule has 2 aromatic carbocycles. The van der Waals surface area contributed by atoms with Gasteiger partial charge in [0, 0.05) is 4.88 Å². The van der Waals surface area contributed by atoms with Crippen LogP contribution in [0.25, 0.3) is 10.4 Å². The van der Waals surface area contributed by atoms with E-state index in [0.717, 1.165) is 28.9 Å². The largest absolute Gasteiger partial charge is 0.489 e. The third-order valence-electron chi connectivity index (χ3n) is 3.27. The van der Waals surface area contributed by atoms with Crippen LogP contribution in [0.1, 0.15) is 15.2 Å². The van der Waals surface area contributed by atoms with Crippen molar-refractivity contribution < 1.29 is 18.3 Å². The number of benzene rings is 2. The summed E-state index contributed by atoms with van der Waals surface area (Å²) in [7, 11) is 0. The third kappa shape index (κ3) is 3.63. The highest BCUT2D eigenvalue weighted by atomic mass is 32.1. The Kier molecular flexibility index (Phi) is 4.48. The summed E-state index contributed by atoms with van der Waals surface area (Å²) in [6, 6.07) is 14.7. The number of carbonyl (C=O) groups is 1. The lowest BCUT2D eigenvalue weighted by atomic mass is 10.2. The van der Waals surface area contributed by atoms with Crippen molar-refractivity contribution >= 4 is 17.6 Å². The molecule has 3 aromatic rings. The molecule has 1 heterocycles. The molecule has 0 aliphatic heterocycles. The lowest BCUT2D eigenvalue weighted by Crippen LogP contribution is -1.97. The molecule has 116 valence electrons. The minimum absolute atomic E-state index is 0.158. The molecule has 0 aliphatic carbocycles. The van der Waals surface area contributed by atoms with Gasteiger partial charge in [-0.25, -0.2) is 8.78 Å². The topological polar surface area (TPSA) is 26.3 Å². The van der Waals surface area contributed by atoms with Crippen LogP contribution in [0.4, 0.5) is 8.78 Å². The molecule has 0 unspecified atom stereocenters. The Morgan fingerprint density at radius 1 is 0.957 bits per heavy atom. The quantitative estimate of drug-likeness (QED) is 0.610. The zero-order valence-corrected chi connectivity index (χ0v) is 12.8. The molecule has 0 amide bonds. The molecular weight excluding hydrogens is 318 g/mol. The molecule has 0 spiro atoms. The summed E-state index contributed by atoms with van der Waals surface area (Å²) in [6.07, 6.45) is 0.827. The predicted octanol–water partition coefficient (Wildman–Crippen LogP) is 5.08. The fourth-order valence-electron chi connectivity index (χ4n) is 2.08. The number of rotatable bonds is 5. The molecule has 0 bridgehead atoms. The maximum Gasteiger partial charge on any atom is 0.160 e. The Labute approximate surface area is 136 Å². The van der Waals surface area contributed by atoms with Gasteiger partial charge in [0.15, 0.2) is 17.9 Å². The second kappa shape index (κ2) is 6.71. The monoisotopic (exact) mass is 330 g/mol. The molecule has 5 heteroatoms. The van der Waals surface area contributed by atoms with E-state index in [1.165, 1.54) is 17.4 Å². The van der Waals surface area contributed by atoms with Crippen molar-refractivity contribution in [2.24, 2.45) is 0 Å². The zero-order chi connectivity index (χ0) is 16.2. The Balaban J connectivity index is 1.67. The fourth-order valence-corrected chi connectivity index (χ4v) is 2.91. The number of ether oxygens (including phenoxy) is 1. The van der Waals surface area contributed by atoms with Crippen molar-refractivity contribution in [2.75, 3.05) is 0 Å². The fraction of sp³-hybridized carbons (Fsp3) is 0.0556. The van der Waals surface area contributed by atoms with E-state index in [1.54, 1.807) is 18.2 Å². The molecule has 0 fully saturated rings. The first-order valence-corrected chi connectivity index (χ1v) is 7.69. The van der Waals surface area contributed by atoms with Gasteiger partial charge in [-0.05, 0) is 59.7 Å². The molecule has 23 heavy (non-hydrogen) atoms. The number of carbonyl (C=O) groups excluding carboxylic acids is 1. The lowest BCUT2D eigenvalue weighted by molar-refractivity contribution is 0.112. The van der Waals surface area contributed by atoms with Crippen LogP contribution in [0.5, 0.6) is 5.75 Å². The summed E-state index contributed by atoms with van der Waals surface area (Å²) in [5, 5.41) is 0. The van der Waals surface area contributed by atoms with Gasteiger partial charge < -0.3 is 4.74 Å². The Morgan fingerprint density at radius 3 is 2.39 bits per heavy atom. The molecular formula is C18H12F2O2S. The van der Waals surface area contributed by atoms with E-state index >= 15 is 0 Å². The number of aldehydes is 1. The van der Waals surface area contributed by atoms with E-state index in [1.807, 2.05) is 18.2 Å². The molecule has 2 nitrogen and oxygen atoms in total. The van der Waals surface area contributed by atoms with Crippen LogP contribution in [0.3, 0.4) is 0 Å². The van der Waals surface area contributed by atoms with E-state index in [9.17, 15) is 13.6 Å². The van der Waals surface area contributed by atoms with Gasteiger partial charge in [-0.1, -0.05) is 6.07 Å². The van der Waals surface area contributed by atoms with Gasteiger partial charge in [-0.3, -0.25) is 4.79 Å². The Hall–Kier alpha value is -2.53. The highest BCUT2D eigenvalue weighted by Crippen LogP contribution is 2.28. The van der Waals surface area contributed by atoms with Crippen molar-refractivity contribution in [2.45, 2.75) is 6.61 Å². The van der Waals surface area contributed by atoms with Crippen LogP contribution in [0.2, 0.25) is 0 Å². The summed E-state index contributed by atoms with van der Waals surface area (Å²) in [5.41, 5.74) is 1.55. The third-order valence-corrected chi connectivity index (χ3v) is 4.33. The van der Waals surface area contributed by atoms with Crippen molar-refractivity contribution in [3.05, 3.63) is 76.7 Å². The van der Waals surface area contributed by atoms with E-state index in [2.05, 4.69) is 0 Å². The van der Waals surface area contributed by atoms with Crippen molar-refractivity contribution in [1.82, 2.24) is 0 Å². The van der Waals surface area contributed by atoms with Crippen LogP contribution < -0.4 is 4.74 Å². The normalized spacial score (nSPS) is 10.5. The summed E-state index contributed by atoms with van der Waals surface area (Å²) in [4.78, 5) is 12.4. The van der Waals surface area contributed by atoms with Gasteiger partial charge in [0.25, 0.3) is 0 Å². The predicted molar refractivity (Wildman–Crippen MR) is 85.8 cm³/mol. The second-order valence-electron chi connectivity index (χ2n) is 4.88. The number of hydrogen-bond acceptors (Lipinski definition) is 3. The van der Waals surface area contributed by atoms with Crippen LogP contribution in [0.15, 0.2) is 54.6 Å². The first-order chi connectivity index (χ1) is 11.2.